The van der Waals surface area contributed by atoms with Crippen molar-refractivity contribution in [2.45, 2.75) is 31.0 Å². The van der Waals surface area contributed by atoms with Gasteiger partial charge in [-0.1, -0.05) is 30.3 Å². The van der Waals surface area contributed by atoms with E-state index in [4.69, 9.17) is 15.9 Å². The predicted octanol–water partition coefficient (Wildman–Crippen LogP) is -0.985. The molecular weight excluding hydrogens is 362 g/mol. The monoisotopic (exact) mass is 383 g/mol. The second-order valence-electron chi connectivity index (χ2n) is 5.54. The average molecular weight is 383 g/mol. The lowest BCUT2D eigenvalue weighted by Gasteiger charge is -2.21. The highest BCUT2D eigenvalue weighted by Crippen LogP contribution is 2.03. The summed E-state index contributed by atoms with van der Waals surface area (Å²) < 4.78 is 0. The third-order valence-corrected chi connectivity index (χ3v) is 3.81. The highest BCUT2D eigenvalue weighted by Gasteiger charge is 2.28. The Labute approximate surface area is 155 Å². The van der Waals surface area contributed by atoms with Gasteiger partial charge in [0.05, 0.1) is 12.5 Å². The standard InChI is InChI=1S/C16H21N3O6S/c17-10(6-9-4-2-1-3-5-9)14(22)19-12(8-26)15(23)18-11(16(24)25)7-13(20)21/h1-5,10-12,26H,6-8,17H2,(H,18,23)(H,19,22)(H,20,21)(H,24,25). The molecule has 0 aliphatic heterocycles. The summed E-state index contributed by atoms with van der Waals surface area (Å²) >= 11 is 3.96. The first-order valence-corrected chi connectivity index (χ1v) is 8.33. The average Bonchev–Trinajstić information content (AvgIpc) is 2.58. The molecular formula is C16H21N3O6S. The van der Waals surface area contributed by atoms with Gasteiger partial charge in [0.15, 0.2) is 0 Å². The van der Waals surface area contributed by atoms with E-state index >= 15 is 0 Å². The predicted molar refractivity (Wildman–Crippen MR) is 95.7 cm³/mol. The summed E-state index contributed by atoms with van der Waals surface area (Å²) in [7, 11) is 0. The van der Waals surface area contributed by atoms with Crippen molar-refractivity contribution in [2.75, 3.05) is 5.75 Å². The smallest absolute Gasteiger partial charge is 0.326 e. The Kier molecular flexibility index (Phi) is 8.59. The maximum Gasteiger partial charge on any atom is 0.326 e. The van der Waals surface area contributed by atoms with Crippen LogP contribution in [0.15, 0.2) is 30.3 Å². The van der Waals surface area contributed by atoms with Crippen molar-refractivity contribution in [3.63, 3.8) is 0 Å². The molecule has 0 aromatic heterocycles. The second kappa shape index (κ2) is 10.4. The number of thiol groups is 1. The zero-order chi connectivity index (χ0) is 19.7. The number of nitrogens with two attached hydrogens (primary N) is 1. The van der Waals surface area contributed by atoms with Gasteiger partial charge in [-0.15, -0.1) is 0 Å². The van der Waals surface area contributed by atoms with Gasteiger partial charge < -0.3 is 26.6 Å². The minimum atomic E-state index is -1.61. The highest BCUT2D eigenvalue weighted by atomic mass is 32.1. The Morgan fingerprint density at radius 1 is 1.00 bits per heavy atom. The summed E-state index contributed by atoms with van der Waals surface area (Å²) in [6.07, 6.45) is -0.536. The van der Waals surface area contributed by atoms with Crippen molar-refractivity contribution in [3.8, 4) is 0 Å². The minimum absolute atomic E-state index is 0.116. The largest absolute Gasteiger partial charge is 0.481 e. The van der Waals surface area contributed by atoms with Crippen LogP contribution in [0.3, 0.4) is 0 Å². The Hall–Kier alpha value is -2.59. The number of carboxylic acids is 2. The van der Waals surface area contributed by atoms with Crippen molar-refractivity contribution < 1.29 is 29.4 Å². The first kappa shape index (κ1) is 21.5. The van der Waals surface area contributed by atoms with Crippen LogP contribution in [0.5, 0.6) is 0 Å². The molecule has 0 aliphatic rings. The summed E-state index contributed by atoms with van der Waals surface area (Å²) in [6.45, 7) is 0. The Balaban J connectivity index is 2.66. The number of aliphatic carboxylic acids is 2. The fourth-order valence-electron chi connectivity index (χ4n) is 2.08. The van der Waals surface area contributed by atoms with Crippen molar-refractivity contribution in [1.82, 2.24) is 10.6 Å². The second-order valence-corrected chi connectivity index (χ2v) is 5.90. The van der Waals surface area contributed by atoms with Gasteiger partial charge in [0.2, 0.25) is 11.8 Å². The van der Waals surface area contributed by atoms with Crippen LogP contribution in [-0.4, -0.2) is 57.8 Å². The van der Waals surface area contributed by atoms with E-state index in [0.717, 1.165) is 5.56 Å². The van der Waals surface area contributed by atoms with E-state index in [0.29, 0.717) is 0 Å². The zero-order valence-corrected chi connectivity index (χ0v) is 14.7. The topological polar surface area (TPSA) is 159 Å². The molecule has 0 spiro atoms. The number of carbonyl (C=O) groups excluding carboxylic acids is 2. The molecule has 10 heteroatoms. The van der Waals surface area contributed by atoms with Crippen molar-refractivity contribution in [3.05, 3.63) is 35.9 Å². The summed E-state index contributed by atoms with van der Waals surface area (Å²) in [4.78, 5) is 45.9. The van der Waals surface area contributed by atoms with Gasteiger partial charge in [-0.05, 0) is 12.0 Å². The van der Waals surface area contributed by atoms with E-state index in [2.05, 4.69) is 23.3 Å². The number of hydrogen-bond donors (Lipinski definition) is 6. The van der Waals surface area contributed by atoms with Crippen LogP contribution in [0, 0.1) is 0 Å². The molecule has 0 saturated carbocycles. The van der Waals surface area contributed by atoms with Gasteiger partial charge in [0.1, 0.15) is 12.1 Å². The Morgan fingerprint density at radius 3 is 2.08 bits per heavy atom. The molecule has 26 heavy (non-hydrogen) atoms. The molecule has 142 valence electrons. The van der Waals surface area contributed by atoms with E-state index in [1.54, 1.807) is 24.3 Å². The lowest BCUT2D eigenvalue weighted by Crippen LogP contribution is -2.55. The van der Waals surface area contributed by atoms with Crippen LogP contribution in [0.2, 0.25) is 0 Å². The van der Waals surface area contributed by atoms with Crippen LogP contribution in [-0.2, 0) is 25.6 Å². The number of carbonyl (C=O) groups is 4. The van der Waals surface area contributed by atoms with Gasteiger partial charge in [-0.25, -0.2) is 4.79 Å². The van der Waals surface area contributed by atoms with E-state index in [1.165, 1.54) is 0 Å². The van der Waals surface area contributed by atoms with E-state index < -0.39 is 48.3 Å². The summed E-state index contributed by atoms with van der Waals surface area (Å²) in [6, 6.07) is 5.37. The summed E-state index contributed by atoms with van der Waals surface area (Å²) in [5.41, 5.74) is 6.67. The van der Waals surface area contributed by atoms with Gasteiger partial charge in [-0.2, -0.15) is 12.6 Å². The van der Waals surface area contributed by atoms with Crippen LogP contribution in [0.4, 0.5) is 0 Å². The van der Waals surface area contributed by atoms with Crippen LogP contribution in [0.1, 0.15) is 12.0 Å². The molecule has 1 aromatic rings. The van der Waals surface area contributed by atoms with Gasteiger partial charge in [0.25, 0.3) is 0 Å². The van der Waals surface area contributed by atoms with E-state index in [-0.39, 0.29) is 12.2 Å². The molecule has 0 aliphatic carbocycles. The number of hydrogen-bond acceptors (Lipinski definition) is 6. The fourth-order valence-corrected chi connectivity index (χ4v) is 2.34. The Bertz CT molecular complexity index is 655. The highest BCUT2D eigenvalue weighted by molar-refractivity contribution is 7.80. The van der Waals surface area contributed by atoms with Crippen LogP contribution < -0.4 is 16.4 Å². The molecule has 9 nitrogen and oxygen atoms in total. The number of rotatable bonds is 10. The molecule has 0 bridgehead atoms. The van der Waals surface area contributed by atoms with Crippen LogP contribution >= 0.6 is 12.6 Å². The molecule has 0 fully saturated rings. The number of carboxylic acid groups (broad SMARTS) is 2. The van der Waals surface area contributed by atoms with Crippen molar-refractivity contribution >= 4 is 36.4 Å². The maximum absolute atomic E-state index is 12.2. The lowest BCUT2D eigenvalue weighted by atomic mass is 10.1. The van der Waals surface area contributed by atoms with E-state index in [9.17, 15) is 19.2 Å². The molecule has 0 saturated heterocycles. The number of amides is 2. The third kappa shape index (κ3) is 7.11. The minimum Gasteiger partial charge on any atom is -0.481 e. The SMILES string of the molecule is NC(Cc1ccccc1)C(=O)NC(CS)C(=O)NC(CC(=O)O)C(=O)O. The van der Waals surface area contributed by atoms with Gasteiger partial charge >= 0.3 is 11.9 Å². The molecule has 3 unspecified atom stereocenters. The first-order valence-electron chi connectivity index (χ1n) is 7.70. The van der Waals surface area contributed by atoms with Gasteiger partial charge in [-0.3, -0.25) is 14.4 Å². The quantitative estimate of drug-likeness (QED) is 0.283. The molecule has 0 heterocycles. The van der Waals surface area contributed by atoms with Crippen LogP contribution in [0.25, 0.3) is 0 Å². The molecule has 1 aromatic carbocycles. The third-order valence-electron chi connectivity index (χ3n) is 3.44. The fraction of sp³-hybridized carbons (Fsp3) is 0.375. The Morgan fingerprint density at radius 2 is 1.58 bits per heavy atom. The maximum atomic E-state index is 12.2. The molecule has 2 amide bonds. The lowest BCUT2D eigenvalue weighted by molar-refractivity contribution is -0.147. The summed E-state index contributed by atoms with van der Waals surface area (Å²) in [5, 5.41) is 22.1. The normalized spacial score (nSPS) is 13.9. The zero-order valence-electron chi connectivity index (χ0n) is 13.8. The van der Waals surface area contributed by atoms with Crippen molar-refractivity contribution in [2.24, 2.45) is 5.73 Å². The molecule has 6 N–H and O–H groups in total. The molecule has 1 rings (SSSR count). The number of benzene rings is 1. The number of nitrogens with one attached hydrogen (secondary N) is 2. The molecule has 3 atom stereocenters. The van der Waals surface area contributed by atoms with E-state index in [1.807, 2.05) is 6.07 Å². The first-order chi connectivity index (χ1) is 12.2. The van der Waals surface area contributed by atoms with Gasteiger partial charge in [0, 0.05) is 5.75 Å². The molecule has 0 radical (unpaired) electrons. The summed E-state index contributed by atoms with van der Waals surface area (Å²) in [5.74, 6) is -4.45. The van der Waals surface area contributed by atoms with Crippen molar-refractivity contribution in [1.29, 1.82) is 0 Å².